The topological polar surface area (TPSA) is 88.1 Å². The van der Waals surface area contributed by atoms with E-state index in [1.807, 2.05) is 44.2 Å². The Hall–Kier alpha value is -2.28. The van der Waals surface area contributed by atoms with Gasteiger partial charge in [-0.3, -0.25) is 4.79 Å². The number of hydrogen-bond donors (Lipinski definition) is 2. The molecule has 1 aliphatic heterocycles. The van der Waals surface area contributed by atoms with Crippen LogP contribution in [-0.2, 0) is 9.53 Å². The SMILES string of the molecule is CC1(C)CN(C(=O)NCCCC(=O)O)CC(COc2ccccc2)O1. The van der Waals surface area contributed by atoms with Crippen LogP contribution >= 0.6 is 0 Å². The first-order chi connectivity index (χ1) is 11.9. The van der Waals surface area contributed by atoms with Crippen molar-refractivity contribution in [1.82, 2.24) is 10.2 Å². The van der Waals surface area contributed by atoms with E-state index in [9.17, 15) is 9.59 Å². The normalized spacial score (nSPS) is 19.3. The molecule has 0 aromatic heterocycles. The number of para-hydroxylation sites is 1. The Morgan fingerprint density at radius 1 is 1.36 bits per heavy atom. The van der Waals surface area contributed by atoms with Crippen molar-refractivity contribution in [1.29, 1.82) is 0 Å². The van der Waals surface area contributed by atoms with Gasteiger partial charge in [-0.2, -0.15) is 0 Å². The molecule has 0 saturated carbocycles. The molecule has 25 heavy (non-hydrogen) atoms. The number of carbonyl (C=O) groups is 2. The van der Waals surface area contributed by atoms with E-state index < -0.39 is 11.6 Å². The van der Waals surface area contributed by atoms with E-state index in [0.29, 0.717) is 32.7 Å². The van der Waals surface area contributed by atoms with Crippen LogP contribution in [0.3, 0.4) is 0 Å². The van der Waals surface area contributed by atoms with E-state index in [4.69, 9.17) is 14.6 Å². The number of nitrogens with one attached hydrogen (secondary N) is 1. The molecule has 7 nitrogen and oxygen atoms in total. The Labute approximate surface area is 147 Å². The van der Waals surface area contributed by atoms with Gasteiger partial charge in [-0.1, -0.05) is 18.2 Å². The van der Waals surface area contributed by atoms with Gasteiger partial charge < -0.3 is 24.8 Å². The summed E-state index contributed by atoms with van der Waals surface area (Å²) in [6.07, 6.45) is 0.228. The second-order valence-corrected chi connectivity index (χ2v) is 6.73. The van der Waals surface area contributed by atoms with Crippen LogP contribution in [0.15, 0.2) is 30.3 Å². The largest absolute Gasteiger partial charge is 0.491 e. The standard InChI is InChI=1S/C18H26N2O5/c1-18(2)13-20(17(23)19-10-6-9-16(21)22)11-15(25-18)12-24-14-7-4-3-5-8-14/h3-5,7-8,15H,6,9-13H2,1-2H3,(H,19,23)(H,21,22). The van der Waals surface area contributed by atoms with E-state index in [1.165, 1.54) is 0 Å². The number of urea groups is 1. The lowest BCUT2D eigenvalue weighted by Crippen LogP contribution is -2.58. The van der Waals surface area contributed by atoms with Gasteiger partial charge in [0.25, 0.3) is 0 Å². The maximum absolute atomic E-state index is 12.3. The maximum atomic E-state index is 12.3. The van der Waals surface area contributed by atoms with Gasteiger partial charge in [-0.05, 0) is 32.4 Å². The van der Waals surface area contributed by atoms with Gasteiger partial charge in [-0.25, -0.2) is 4.79 Å². The predicted molar refractivity (Wildman–Crippen MR) is 92.7 cm³/mol. The number of nitrogens with zero attached hydrogens (tertiary/aromatic N) is 1. The van der Waals surface area contributed by atoms with Gasteiger partial charge >= 0.3 is 12.0 Å². The molecular formula is C18H26N2O5. The molecule has 0 bridgehead atoms. The van der Waals surface area contributed by atoms with Gasteiger partial charge in [0.1, 0.15) is 18.5 Å². The van der Waals surface area contributed by atoms with Crippen LogP contribution in [-0.4, -0.2) is 60.0 Å². The second kappa shape index (κ2) is 8.71. The number of amides is 2. The predicted octanol–water partition coefficient (Wildman–Crippen LogP) is 2.12. The number of carbonyl (C=O) groups excluding carboxylic acids is 1. The van der Waals surface area contributed by atoms with Crippen LogP contribution in [0, 0.1) is 0 Å². The highest BCUT2D eigenvalue weighted by atomic mass is 16.5. The number of carboxylic acid groups (broad SMARTS) is 1. The smallest absolute Gasteiger partial charge is 0.317 e. The molecule has 2 rings (SSSR count). The van der Waals surface area contributed by atoms with Crippen LogP contribution in [0.2, 0.25) is 0 Å². The number of aliphatic carboxylic acids is 1. The Bertz CT molecular complexity index is 576. The molecule has 0 spiro atoms. The molecule has 1 heterocycles. The first-order valence-corrected chi connectivity index (χ1v) is 8.46. The van der Waals surface area contributed by atoms with Crippen molar-refractivity contribution in [2.24, 2.45) is 0 Å². The van der Waals surface area contributed by atoms with Crippen molar-refractivity contribution >= 4 is 12.0 Å². The lowest BCUT2D eigenvalue weighted by Gasteiger charge is -2.42. The summed E-state index contributed by atoms with van der Waals surface area (Å²) < 4.78 is 11.8. The average Bonchev–Trinajstić information content (AvgIpc) is 2.56. The Kier molecular flexibility index (Phi) is 6.64. The van der Waals surface area contributed by atoms with E-state index in [1.54, 1.807) is 4.90 Å². The van der Waals surface area contributed by atoms with E-state index in [2.05, 4.69) is 5.32 Å². The number of benzene rings is 1. The average molecular weight is 350 g/mol. The Morgan fingerprint density at radius 3 is 2.76 bits per heavy atom. The fourth-order valence-corrected chi connectivity index (χ4v) is 2.79. The summed E-state index contributed by atoms with van der Waals surface area (Å²) in [5.41, 5.74) is -0.471. The van der Waals surface area contributed by atoms with E-state index in [0.717, 1.165) is 5.75 Å². The molecule has 2 amide bonds. The molecule has 1 atom stereocenters. The highest BCUT2D eigenvalue weighted by molar-refractivity contribution is 5.74. The Morgan fingerprint density at radius 2 is 2.08 bits per heavy atom. The molecule has 1 unspecified atom stereocenters. The molecule has 0 aliphatic carbocycles. The lowest BCUT2D eigenvalue weighted by atomic mass is 10.1. The van der Waals surface area contributed by atoms with Crippen LogP contribution in [0.4, 0.5) is 4.79 Å². The van der Waals surface area contributed by atoms with Crippen molar-refractivity contribution in [2.75, 3.05) is 26.2 Å². The molecule has 2 N–H and O–H groups in total. The third-order valence-corrected chi connectivity index (χ3v) is 3.79. The van der Waals surface area contributed by atoms with Gasteiger partial charge in [0.05, 0.1) is 18.7 Å². The van der Waals surface area contributed by atoms with Crippen LogP contribution in [0.25, 0.3) is 0 Å². The van der Waals surface area contributed by atoms with Crippen molar-refractivity contribution in [3.8, 4) is 5.75 Å². The highest BCUT2D eigenvalue weighted by Crippen LogP contribution is 2.22. The zero-order chi connectivity index (χ0) is 18.3. The molecule has 138 valence electrons. The second-order valence-electron chi connectivity index (χ2n) is 6.73. The first kappa shape index (κ1) is 19.1. The van der Waals surface area contributed by atoms with Gasteiger partial charge in [0.15, 0.2) is 0 Å². The molecule has 1 aromatic carbocycles. The maximum Gasteiger partial charge on any atom is 0.317 e. The highest BCUT2D eigenvalue weighted by Gasteiger charge is 2.35. The summed E-state index contributed by atoms with van der Waals surface area (Å²) in [6, 6.07) is 9.27. The third-order valence-electron chi connectivity index (χ3n) is 3.79. The van der Waals surface area contributed by atoms with Crippen LogP contribution in [0.5, 0.6) is 5.75 Å². The van der Waals surface area contributed by atoms with Crippen molar-refractivity contribution in [2.45, 2.75) is 38.4 Å². The summed E-state index contributed by atoms with van der Waals surface area (Å²) in [4.78, 5) is 24.5. The Balaban J connectivity index is 1.84. The molecule has 0 radical (unpaired) electrons. The summed E-state index contributed by atoms with van der Waals surface area (Å²) >= 11 is 0. The molecule has 1 fully saturated rings. The third kappa shape index (κ3) is 6.62. The fourth-order valence-electron chi connectivity index (χ4n) is 2.79. The zero-order valence-corrected chi connectivity index (χ0v) is 14.7. The lowest BCUT2D eigenvalue weighted by molar-refractivity contribution is -0.137. The first-order valence-electron chi connectivity index (χ1n) is 8.46. The number of carboxylic acids is 1. The van der Waals surface area contributed by atoms with Crippen molar-refractivity contribution in [3.05, 3.63) is 30.3 Å². The van der Waals surface area contributed by atoms with Crippen LogP contribution in [0.1, 0.15) is 26.7 Å². The minimum atomic E-state index is -0.861. The quantitative estimate of drug-likeness (QED) is 0.736. The number of hydrogen-bond acceptors (Lipinski definition) is 4. The summed E-state index contributed by atoms with van der Waals surface area (Å²) in [5, 5.41) is 11.4. The van der Waals surface area contributed by atoms with Crippen LogP contribution < -0.4 is 10.1 Å². The minimum Gasteiger partial charge on any atom is -0.491 e. The summed E-state index contributed by atoms with van der Waals surface area (Å²) in [6.45, 7) is 5.48. The molecule has 7 heteroatoms. The molecule has 1 aliphatic rings. The monoisotopic (exact) mass is 350 g/mol. The molecule has 1 aromatic rings. The van der Waals surface area contributed by atoms with Gasteiger partial charge in [0, 0.05) is 13.0 Å². The van der Waals surface area contributed by atoms with Gasteiger partial charge in [0.2, 0.25) is 0 Å². The fraction of sp³-hybridized carbons (Fsp3) is 0.556. The zero-order valence-electron chi connectivity index (χ0n) is 14.7. The molecular weight excluding hydrogens is 324 g/mol. The molecule has 1 saturated heterocycles. The van der Waals surface area contributed by atoms with Gasteiger partial charge in [-0.15, -0.1) is 0 Å². The summed E-state index contributed by atoms with van der Waals surface area (Å²) in [7, 11) is 0. The number of rotatable bonds is 7. The number of morpholine rings is 1. The van der Waals surface area contributed by atoms with Crippen molar-refractivity contribution < 1.29 is 24.2 Å². The number of ether oxygens (including phenoxy) is 2. The van der Waals surface area contributed by atoms with Crippen molar-refractivity contribution in [3.63, 3.8) is 0 Å². The summed E-state index contributed by atoms with van der Waals surface area (Å²) in [5.74, 6) is -0.0981. The van der Waals surface area contributed by atoms with E-state index in [-0.39, 0.29) is 18.6 Å². The van der Waals surface area contributed by atoms with E-state index >= 15 is 0 Å². The minimum absolute atomic E-state index is 0.0441.